The van der Waals surface area contributed by atoms with Gasteiger partial charge in [-0.1, -0.05) is 0 Å². The summed E-state index contributed by atoms with van der Waals surface area (Å²) in [5, 5.41) is 6.73. The Bertz CT molecular complexity index is 1190. The molecule has 0 spiro atoms. The number of fused-ring (bicyclic) bond motifs is 2. The van der Waals surface area contributed by atoms with Crippen LogP contribution in [0.3, 0.4) is 0 Å². The standard InChI is InChI=1S/C21H23N7O/c1-12(2)28(23)20-16(22)7-4-14-11-24-21(27-19(14)20)25-15-6-8-17-13(10-15)5-9-18(26-17)29-3/h4-12H,22-23H2,1-3H3,(H,24,25,27). The van der Waals surface area contributed by atoms with Gasteiger partial charge in [-0.25, -0.2) is 20.8 Å². The maximum Gasteiger partial charge on any atom is 0.227 e. The molecule has 0 aliphatic rings. The second kappa shape index (κ2) is 7.40. The van der Waals surface area contributed by atoms with Crippen molar-refractivity contribution in [3.05, 3.63) is 48.7 Å². The van der Waals surface area contributed by atoms with E-state index in [-0.39, 0.29) is 6.04 Å². The minimum absolute atomic E-state index is 0.0688. The van der Waals surface area contributed by atoms with Crippen LogP contribution in [0.2, 0.25) is 0 Å². The van der Waals surface area contributed by atoms with Gasteiger partial charge in [-0.3, -0.25) is 0 Å². The molecule has 0 amide bonds. The van der Waals surface area contributed by atoms with E-state index < -0.39 is 0 Å². The van der Waals surface area contributed by atoms with E-state index in [2.05, 4.69) is 20.3 Å². The molecule has 0 radical (unpaired) electrons. The summed E-state index contributed by atoms with van der Waals surface area (Å²) in [6, 6.07) is 13.4. The molecule has 2 heterocycles. The van der Waals surface area contributed by atoms with Gasteiger partial charge in [0.05, 0.1) is 18.3 Å². The highest BCUT2D eigenvalue weighted by Gasteiger charge is 2.16. The van der Waals surface area contributed by atoms with E-state index >= 15 is 0 Å². The molecule has 0 bridgehead atoms. The van der Waals surface area contributed by atoms with Crippen LogP contribution in [0.5, 0.6) is 5.88 Å². The number of nitrogens with one attached hydrogen (secondary N) is 1. The molecule has 2 aromatic heterocycles. The number of nitrogens with zero attached hydrogens (tertiary/aromatic N) is 4. The van der Waals surface area contributed by atoms with Crippen molar-refractivity contribution in [1.29, 1.82) is 0 Å². The van der Waals surface area contributed by atoms with Crippen molar-refractivity contribution in [2.45, 2.75) is 19.9 Å². The van der Waals surface area contributed by atoms with Gasteiger partial charge in [-0.05, 0) is 50.2 Å². The van der Waals surface area contributed by atoms with Crippen molar-refractivity contribution in [3.8, 4) is 5.88 Å². The van der Waals surface area contributed by atoms with Crippen LogP contribution >= 0.6 is 0 Å². The smallest absolute Gasteiger partial charge is 0.227 e. The summed E-state index contributed by atoms with van der Waals surface area (Å²) in [7, 11) is 1.60. The Morgan fingerprint density at radius 3 is 2.59 bits per heavy atom. The molecule has 0 saturated heterocycles. The van der Waals surface area contributed by atoms with Crippen LogP contribution in [0.4, 0.5) is 23.0 Å². The Hall–Kier alpha value is -3.65. The first-order valence-electron chi connectivity index (χ1n) is 9.27. The molecule has 0 aliphatic carbocycles. The van der Waals surface area contributed by atoms with Crippen LogP contribution in [0.25, 0.3) is 21.8 Å². The highest BCUT2D eigenvalue weighted by molar-refractivity contribution is 5.97. The molecule has 8 heteroatoms. The highest BCUT2D eigenvalue weighted by Crippen LogP contribution is 2.32. The highest BCUT2D eigenvalue weighted by atomic mass is 16.5. The normalized spacial score (nSPS) is 11.2. The van der Waals surface area contributed by atoms with Crippen molar-refractivity contribution in [3.63, 3.8) is 0 Å². The zero-order chi connectivity index (χ0) is 20.5. The summed E-state index contributed by atoms with van der Waals surface area (Å²) in [5.74, 6) is 7.29. The quantitative estimate of drug-likeness (QED) is 0.269. The van der Waals surface area contributed by atoms with Crippen molar-refractivity contribution >= 4 is 44.8 Å². The number of nitrogen functional groups attached to an aromatic ring is 1. The number of hydrogen-bond acceptors (Lipinski definition) is 8. The molecule has 29 heavy (non-hydrogen) atoms. The largest absolute Gasteiger partial charge is 0.481 e. The second-order valence-corrected chi connectivity index (χ2v) is 7.02. The molecule has 5 N–H and O–H groups in total. The molecule has 8 nitrogen and oxygen atoms in total. The van der Waals surface area contributed by atoms with E-state index in [9.17, 15) is 0 Å². The predicted octanol–water partition coefficient (Wildman–Crippen LogP) is 3.60. The predicted molar refractivity (Wildman–Crippen MR) is 117 cm³/mol. The Kier molecular flexibility index (Phi) is 4.77. The number of anilines is 4. The number of ether oxygens (including phenoxy) is 1. The number of methoxy groups -OCH3 is 1. The number of benzene rings is 2. The Labute approximate surface area is 168 Å². The molecule has 0 unspecified atom stereocenters. The van der Waals surface area contributed by atoms with E-state index in [0.29, 0.717) is 28.7 Å². The molecule has 2 aromatic carbocycles. The van der Waals surface area contributed by atoms with E-state index in [1.54, 1.807) is 18.3 Å². The second-order valence-electron chi connectivity index (χ2n) is 7.02. The summed E-state index contributed by atoms with van der Waals surface area (Å²) in [4.78, 5) is 13.5. The first-order valence-corrected chi connectivity index (χ1v) is 9.27. The lowest BCUT2D eigenvalue weighted by atomic mass is 10.1. The van der Waals surface area contributed by atoms with Crippen LogP contribution in [-0.2, 0) is 0 Å². The van der Waals surface area contributed by atoms with E-state index in [0.717, 1.165) is 22.0 Å². The van der Waals surface area contributed by atoms with Crippen LogP contribution in [-0.4, -0.2) is 28.1 Å². The molecule has 148 valence electrons. The molecule has 0 fully saturated rings. The van der Waals surface area contributed by atoms with Crippen molar-refractivity contribution in [2.75, 3.05) is 23.2 Å². The van der Waals surface area contributed by atoms with Gasteiger partial charge in [0, 0.05) is 34.8 Å². The van der Waals surface area contributed by atoms with Crippen molar-refractivity contribution < 1.29 is 4.74 Å². The number of nitrogens with two attached hydrogens (primary N) is 2. The Balaban J connectivity index is 1.73. The van der Waals surface area contributed by atoms with Gasteiger partial charge in [-0.2, -0.15) is 0 Å². The molecule has 0 atom stereocenters. The topological polar surface area (TPSA) is 115 Å². The fraction of sp³-hybridized carbons (Fsp3) is 0.190. The third-order valence-electron chi connectivity index (χ3n) is 4.70. The number of aromatic nitrogens is 3. The summed E-state index contributed by atoms with van der Waals surface area (Å²) in [6.07, 6.45) is 1.76. The van der Waals surface area contributed by atoms with E-state index in [1.165, 1.54) is 0 Å². The number of hydrogen-bond donors (Lipinski definition) is 3. The van der Waals surface area contributed by atoms with Gasteiger partial charge in [0.1, 0.15) is 11.2 Å². The van der Waals surface area contributed by atoms with Crippen LogP contribution in [0.1, 0.15) is 13.8 Å². The average Bonchev–Trinajstić information content (AvgIpc) is 2.72. The molecule has 4 rings (SSSR count). The SMILES string of the molecule is COc1ccc2cc(Nc3ncc4ccc(N)c(N(N)C(C)C)c4n3)ccc2n1. The molecule has 0 aliphatic heterocycles. The van der Waals surface area contributed by atoms with E-state index in [1.807, 2.05) is 56.3 Å². The van der Waals surface area contributed by atoms with Crippen molar-refractivity contribution in [1.82, 2.24) is 15.0 Å². The van der Waals surface area contributed by atoms with Gasteiger partial charge in [0.15, 0.2) is 0 Å². The van der Waals surface area contributed by atoms with E-state index in [4.69, 9.17) is 16.3 Å². The summed E-state index contributed by atoms with van der Waals surface area (Å²) < 4.78 is 5.17. The number of hydrazine groups is 1. The fourth-order valence-corrected chi connectivity index (χ4v) is 3.12. The Morgan fingerprint density at radius 1 is 1.03 bits per heavy atom. The summed E-state index contributed by atoms with van der Waals surface area (Å²) in [6.45, 7) is 3.99. The number of pyridine rings is 1. The van der Waals surface area contributed by atoms with Crippen LogP contribution < -0.4 is 26.6 Å². The zero-order valence-electron chi connectivity index (χ0n) is 16.5. The molecular weight excluding hydrogens is 366 g/mol. The summed E-state index contributed by atoms with van der Waals surface area (Å²) in [5.41, 5.74) is 9.86. The fourth-order valence-electron chi connectivity index (χ4n) is 3.12. The van der Waals surface area contributed by atoms with Gasteiger partial charge < -0.3 is 20.8 Å². The van der Waals surface area contributed by atoms with Gasteiger partial charge in [-0.15, -0.1) is 0 Å². The monoisotopic (exact) mass is 389 g/mol. The maximum absolute atomic E-state index is 6.25. The Morgan fingerprint density at radius 2 is 1.83 bits per heavy atom. The van der Waals surface area contributed by atoms with Crippen LogP contribution in [0.15, 0.2) is 48.7 Å². The maximum atomic E-state index is 6.25. The lowest BCUT2D eigenvalue weighted by Crippen LogP contribution is -2.38. The number of rotatable bonds is 5. The molecule has 4 aromatic rings. The first-order chi connectivity index (χ1) is 14.0. The summed E-state index contributed by atoms with van der Waals surface area (Å²) >= 11 is 0. The van der Waals surface area contributed by atoms with Crippen LogP contribution in [0, 0.1) is 0 Å². The van der Waals surface area contributed by atoms with Gasteiger partial charge in [0.2, 0.25) is 11.8 Å². The minimum atomic E-state index is 0.0688. The third kappa shape index (κ3) is 3.57. The van der Waals surface area contributed by atoms with Gasteiger partial charge in [0.25, 0.3) is 0 Å². The third-order valence-corrected chi connectivity index (χ3v) is 4.70. The lowest BCUT2D eigenvalue weighted by molar-refractivity contribution is 0.399. The first kappa shape index (κ1) is 18.7. The minimum Gasteiger partial charge on any atom is -0.481 e. The molecular formula is C21H23N7O. The average molecular weight is 389 g/mol. The zero-order valence-corrected chi connectivity index (χ0v) is 16.5. The van der Waals surface area contributed by atoms with Crippen molar-refractivity contribution in [2.24, 2.45) is 5.84 Å². The molecule has 0 saturated carbocycles. The lowest BCUT2D eigenvalue weighted by Gasteiger charge is -2.25. The van der Waals surface area contributed by atoms with Gasteiger partial charge >= 0.3 is 0 Å².